The first-order valence-corrected chi connectivity index (χ1v) is 6.79. The maximum atomic E-state index is 3.69. The lowest BCUT2D eigenvalue weighted by Gasteiger charge is -2.22. The van der Waals surface area contributed by atoms with E-state index in [0.29, 0.717) is 6.04 Å². The number of fused-ring (bicyclic) bond motifs is 2. The fraction of sp³-hybridized carbons (Fsp3) is 0.500. The SMILES string of the molecule is C[C@@H](NCC1CC2C=CC1C2)c1ccccc1. The van der Waals surface area contributed by atoms with Crippen molar-refractivity contribution >= 4 is 0 Å². The number of hydrogen-bond acceptors (Lipinski definition) is 1. The van der Waals surface area contributed by atoms with Gasteiger partial charge in [0.2, 0.25) is 0 Å². The first kappa shape index (κ1) is 11.0. The third kappa shape index (κ3) is 2.30. The molecule has 0 saturated heterocycles. The number of allylic oxidation sites excluding steroid dienone is 2. The molecular weight excluding hydrogens is 206 g/mol. The largest absolute Gasteiger partial charge is 0.310 e. The van der Waals surface area contributed by atoms with Crippen LogP contribution >= 0.6 is 0 Å². The highest BCUT2D eigenvalue weighted by Gasteiger charge is 2.35. The van der Waals surface area contributed by atoms with E-state index in [1.54, 1.807) is 0 Å². The van der Waals surface area contributed by atoms with Crippen LogP contribution in [0.25, 0.3) is 0 Å². The Kier molecular flexibility index (Phi) is 3.02. The van der Waals surface area contributed by atoms with Crippen molar-refractivity contribution in [3.05, 3.63) is 48.0 Å². The minimum absolute atomic E-state index is 0.472. The van der Waals surface area contributed by atoms with Gasteiger partial charge < -0.3 is 5.32 Å². The summed E-state index contributed by atoms with van der Waals surface area (Å²) in [4.78, 5) is 0. The van der Waals surface area contributed by atoms with Crippen LogP contribution in [0.4, 0.5) is 0 Å². The van der Waals surface area contributed by atoms with Crippen molar-refractivity contribution in [2.45, 2.75) is 25.8 Å². The average molecular weight is 227 g/mol. The van der Waals surface area contributed by atoms with Crippen LogP contribution in [0.2, 0.25) is 0 Å². The summed E-state index contributed by atoms with van der Waals surface area (Å²) in [6.07, 6.45) is 7.66. The van der Waals surface area contributed by atoms with Crippen molar-refractivity contribution in [2.24, 2.45) is 17.8 Å². The standard InChI is InChI=1S/C16H21N/c1-12(14-5-3-2-4-6-14)17-11-16-10-13-7-8-15(16)9-13/h2-8,12-13,15-17H,9-11H2,1H3/t12-,13?,15?,16?/m1/s1. The van der Waals surface area contributed by atoms with Crippen LogP contribution in [-0.2, 0) is 0 Å². The van der Waals surface area contributed by atoms with E-state index in [-0.39, 0.29) is 0 Å². The van der Waals surface area contributed by atoms with Crippen LogP contribution in [0.5, 0.6) is 0 Å². The fourth-order valence-corrected chi connectivity index (χ4v) is 3.32. The zero-order valence-corrected chi connectivity index (χ0v) is 10.5. The second-order valence-electron chi connectivity index (χ2n) is 5.58. The van der Waals surface area contributed by atoms with E-state index < -0.39 is 0 Å². The first-order valence-electron chi connectivity index (χ1n) is 6.79. The van der Waals surface area contributed by atoms with E-state index >= 15 is 0 Å². The monoisotopic (exact) mass is 227 g/mol. The van der Waals surface area contributed by atoms with Crippen molar-refractivity contribution in [1.82, 2.24) is 5.32 Å². The number of rotatable bonds is 4. The van der Waals surface area contributed by atoms with Gasteiger partial charge in [-0.25, -0.2) is 0 Å². The highest BCUT2D eigenvalue weighted by Crippen LogP contribution is 2.43. The van der Waals surface area contributed by atoms with Crippen LogP contribution in [0.3, 0.4) is 0 Å². The minimum Gasteiger partial charge on any atom is -0.310 e. The van der Waals surface area contributed by atoms with Crippen LogP contribution in [0, 0.1) is 17.8 Å². The quantitative estimate of drug-likeness (QED) is 0.776. The second-order valence-corrected chi connectivity index (χ2v) is 5.58. The molecule has 1 heteroatoms. The maximum Gasteiger partial charge on any atom is 0.0291 e. The van der Waals surface area contributed by atoms with Crippen molar-refractivity contribution in [1.29, 1.82) is 0 Å². The molecule has 17 heavy (non-hydrogen) atoms. The third-order valence-corrected chi connectivity index (χ3v) is 4.40. The molecule has 0 amide bonds. The molecule has 0 heterocycles. The van der Waals surface area contributed by atoms with Crippen LogP contribution < -0.4 is 5.32 Å². The van der Waals surface area contributed by atoms with E-state index in [0.717, 1.165) is 17.8 Å². The van der Waals surface area contributed by atoms with Gasteiger partial charge in [0.1, 0.15) is 0 Å². The molecule has 3 unspecified atom stereocenters. The summed E-state index contributed by atoms with van der Waals surface area (Å²) in [6.45, 7) is 3.43. The highest BCUT2D eigenvalue weighted by molar-refractivity contribution is 5.18. The molecule has 3 rings (SSSR count). The number of benzene rings is 1. The summed E-state index contributed by atoms with van der Waals surface area (Å²) in [7, 11) is 0. The molecule has 90 valence electrons. The zero-order valence-electron chi connectivity index (χ0n) is 10.5. The number of nitrogens with one attached hydrogen (secondary N) is 1. The number of hydrogen-bond donors (Lipinski definition) is 1. The summed E-state index contributed by atoms with van der Waals surface area (Å²) >= 11 is 0. The molecule has 4 atom stereocenters. The Balaban J connectivity index is 1.53. The van der Waals surface area contributed by atoms with Crippen molar-refractivity contribution < 1.29 is 0 Å². The molecule has 0 aromatic heterocycles. The lowest BCUT2D eigenvalue weighted by Crippen LogP contribution is -2.27. The van der Waals surface area contributed by atoms with Crippen LogP contribution in [0.15, 0.2) is 42.5 Å². The summed E-state index contributed by atoms with van der Waals surface area (Å²) in [6, 6.07) is 11.2. The van der Waals surface area contributed by atoms with E-state index in [2.05, 4.69) is 54.7 Å². The first-order chi connectivity index (χ1) is 8.33. The lowest BCUT2D eigenvalue weighted by atomic mass is 9.93. The molecule has 2 aliphatic rings. The molecule has 0 radical (unpaired) electrons. The summed E-state index contributed by atoms with van der Waals surface area (Å²) in [5.74, 6) is 2.62. The second kappa shape index (κ2) is 4.66. The van der Waals surface area contributed by atoms with Crippen LogP contribution in [-0.4, -0.2) is 6.54 Å². The topological polar surface area (TPSA) is 12.0 Å². The van der Waals surface area contributed by atoms with Gasteiger partial charge in [0.25, 0.3) is 0 Å². The molecule has 2 aliphatic carbocycles. The molecule has 1 aromatic rings. The van der Waals surface area contributed by atoms with Gasteiger partial charge in [-0.15, -0.1) is 0 Å². The van der Waals surface area contributed by atoms with Crippen molar-refractivity contribution in [3.63, 3.8) is 0 Å². The van der Waals surface area contributed by atoms with Gasteiger partial charge in [0.15, 0.2) is 0 Å². The van der Waals surface area contributed by atoms with E-state index in [4.69, 9.17) is 0 Å². The smallest absolute Gasteiger partial charge is 0.0291 e. The Morgan fingerprint density at radius 1 is 1.18 bits per heavy atom. The van der Waals surface area contributed by atoms with Gasteiger partial charge in [0, 0.05) is 6.04 Å². The Morgan fingerprint density at radius 2 is 2.00 bits per heavy atom. The third-order valence-electron chi connectivity index (χ3n) is 4.40. The summed E-state index contributed by atoms with van der Waals surface area (Å²) in [5, 5.41) is 3.69. The van der Waals surface area contributed by atoms with E-state index in [1.165, 1.54) is 24.9 Å². The summed E-state index contributed by atoms with van der Waals surface area (Å²) < 4.78 is 0. The average Bonchev–Trinajstić information content (AvgIpc) is 2.99. The van der Waals surface area contributed by atoms with E-state index in [9.17, 15) is 0 Å². The molecule has 1 fully saturated rings. The fourth-order valence-electron chi connectivity index (χ4n) is 3.32. The Bertz CT molecular complexity index is 395. The molecular formula is C16H21N. The molecule has 1 N–H and O–H groups in total. The van der Waals surface area contributed by atoms with Crippen LogP contribution in [0.1, 0.15) is 31.4 Å². The van der Waals surface area contributed by atoms with Gasteiger partial charge in [-0.3, -0.25) is 0 Å². The highest BCUT2D eigenvalue weighted by atomic mass is 14.9. The molecule has 0 spiro atoms. The van der Waals surface area contributed by atoms with Gasteiger partial charge in [0.05, 0.1) is 0 Å². The molecule has 0 aliphatic heterocycles. The molecule has 1 nitrogen and oxygen atoms in total. The Labute approximate surface area is 104 Å². The van der Waals surface area contributed by atoms with E-state index in [1.807, 2.05) is 0 Å². The summed E-state index contributed by atoms with van der Waals surface area (Å²) in [5.41, 5.74) is 1.39. The minimum atomic E-state index is 0.472. The zero-order chi connectivity index (χ0) is 11.7. The Hall–Kier alpha value is -1.08. The normalized spacial score (nSPS) is 31.9. The molecule has 1 aromatic carbocycles. The molecule has 2 bridgehead atoms. The lowest BCUT2D eigenvalue weighted by molar-refractivity contribution is 0.393. The maximum absolute atomic E-state index is 3.69. The van der Waals surface area contributed by atoms with Gasteiger partial charge in [-0.05, 0) is 49.6 Å². The van der Waals surface area contributed by atoms with Gasteiger partial charge in [-0.2, -0.15) is 0 Å². The molecule has 1 saturated carbocycles. The Morgan fingerprint density at radius 3 is 2.65 bits per heavy atom. The van der Waals surface area contributed by atoms with Gasteiger partial charge in [-0.1, -0.05) is 42.5 Å². The predicted octanol–water partition coefficient (Wildman–Crippen LogP) is 3.55. The van der Waals surface area contributed by atoms with Crippen molar-refractivity contribution in [2.75, 3.05) is 6.54 Å². The van der Waals surface area contributed by atoms with Gasteiger partial charge >= 0.3 is 0 Å². The van der Waals surface area contributed by atoms with Crippen molar-refractivity contribution in [3.8, 4) is 0 Å². The predicted molar refractivity (Wildman–Crippen MR) is 71.7 cm³/mol.